The third-order valence-corrected chi connectivity index (χ3v) is 6.37. The third kappa shape index (κ3) is 2.85. The van der Waals surface area contributed by atoms with Crippen molar-refractivity contribution in [2.75, 3.05) is 4.72 Å². The predicted octanol–water partition coefficient (Wildman–Crippen LogP) is 3.67. The molecule has 0 bridgehead atoms. The number of aromatic nitrogens is 1. The summed E-state index contributed by atoms with van der Waals surface area (Å²) in [5, 5.41) is 2.03. The van der Waals surface area contributed by atoms with Crippen molar-refractivity contribution in [1.29, 1.82) is 0 Å². The normalized spacial score (nSPS) is 11.5. The Morgan fingerprint density at radius 3 is 2.67 bits per heavy atom. The number of rotatable bonds is 3. The van der Waals surface area contributed by atoms with Crippen LogP contribution in [0.15, 0.2) is 32.3 Å². The lowest BCUT2D eigenvalue weighted by molar-refractivity contribution is 0.602. The maximum absolute atomic E-state index is 12.1. The Bertz CT molecular complexity index is 685. The molecule has 2 heterocycles. The fraction of sp³-hybridized carbons (Fsp3) is 0.100. The summed E-state index contributed by atoms with van der Waals surface area (Å²) < 4.78 is 27.5. The molecule has 96 valence electrons. The van der Waals surface area contributed by atoms with E-state index in [-0.39, 0.29) is 4.21 Å². The van der Waals surface area contributed by atoms with Crippen molar-refractivity contribution in [3.63, 3.8) is 0 Å². The Balaban J connectivity index is 2.37. The molecular weight excluding hydrogens is 360 g/mol. The molecule has 1 N–H and O–H groups in total. The van der Waals surface area contributed by atoms with Gasteiger partial charge in [-0.1, -0.05) is 11.6 Å². The number of sulfonamides is 1. The number of pyridine rings is 1. The van der Waals surface area contributed by atoms with Crippen LogP contribution in [0.4, 0.5) is 5.69 Å². The number of thiophene rings is 1. The summed E-state index contributed by atoms with van der Waals surface area (Å²) in [6.45, 7) is 1.69. The number of anilines is 1. The molecule has 0 unspecified atom stereocenters. The van der Waals surface area contributed by atoms with Gasteiger partial charge in [0.05, 0.1) is 11.4 Å². The fourth-order valence-electron chi connectivity index (χ4n) is 1.30. The van der Waals surface area contributed by atoms with Gasteiger partial charge in [-0.15, -0.1) is 11.3 Å². The van der Waals surface area contributed by atoms with Crippen LogP contribution >= 0.6 is 38.9 Å². The van der Waals surface area contributed by atoms with Crippen molar-refractivity contribution in [2.24, 2.45) is 0 Å². The zero-order valence-electron chi connectivity index (χ0n) is 9.15. The van der Waals surface area contributed by atoms with Crippen molar-refractivity contribution in [3.8, 4) is 0 Å². The van der Waals surface area contributed by atoms with E-state index >= 15 is 0 Å². The molecule has 0 aliphatic rings. The maximum atomic E-state index is 12.1. The van der Waals surface area contributed by atoms with Gasteiger partial charge in [0.1, 0.15) is 5.15 Å². The van der Waals surface area contributed by atoms with Crippen molar-refractivity contribution in [2.45, 2.75) is 11.1 Å². The number of hydrogen-bond acceptors (Lipinski definition) is 4. The largest absolute Gasteiger partial charge is 0.277 e. The number of nitrogens with one attached hydrogen (secondary N) is 1. The van der Waals surface area contributed by atoms with E-state index in [1.807, 2.05) is 0 Å². The molecule has 2 aromatic rings. The lowest BCUT2D eigenvalue weighted by Crippen LogP contribution is -2.13. The Labute approximate surface area is 122 Å². The molecule has 0 radical (unpaired) electrons. The SMILES string of the molecule is Cc1nc(Cl)ccc1NS(=O)(=O)c1sccc1Br. The second kappa shape index (κ2) is 5.16. The number of halogens is 2. The van der Waals surface area contributed by atoms with Crippen LogP contribution in [0.2, 0.25) is 5.15 Å². The van der Waals surface area contributed by atoms with E-state index in [0.29, 0.717) is 21.0 Å². The van der Waals surface area contributed by atoms with Crippen molar-refractivity contribution >= 4 is 54.6 Å². The monoisotopic (exact) mass is 366 g/mol. The molecule has 0 saturated heterocycles. The van der Waals surface area contributed by atoms with Crippen LogP contribution in [0.25, 0.3) is 0 Å². The lowest BCUT2D eigenvalue weighted by Gasteiger charge is -2.09. The van der Waals surface area contributed by atoms with Gasteiger partial charge in [-0.3, -0.25) is 4.72 Å². The van der Waals surface area contributed by atoms with Gasteiger partial charge < -0.3 is 0 Å². The molecule has 0 spiro atoms. The second-order valence-corrected chi connectivity index (χ2v) is 7.46. The van der Waals surface area contributed by atoms with Gasteiger partial charge in [-0.05, 0) is 46.4 Å². The highest BCUT2D eigenvalue weighted by molar-refractivity contribution is 9.10. The van der Waals surface area contributed by atoms with Gasteiger partial charge in [0, 0.05) is 4.47 Å². The highest BCUT2D eigenvalue weighted by Crippen LogP contribution is 2.29. The molecule has 0 amide bonds. The predicted molar refractivity (Wildman–Crippen MR) is 76.8 cm³/mol. The molecule has 2 aromatic heterocycles. The summed E-state index contributed by atoms with van der Waals surface area (Å²) in [4.78, 5) is 3.99. The molecule has 0 aliphatic carbocycles. The minimum atomic E-state index is -3.60. The van der Waals surface area contributed by atoms with Crippen molar-refractivity contribution in [1.82, 2.24) is 4.98 Å². The molecule has 8 heteroatoms. The highest BCUT2D eigenvalue weighted by atomic mass is 79.9. The van der Waals surface area contributed by atoms with Gasteiger partial charge in [-0.2, -0.15) is 0 Å². The van der Waals surface area contributed by atoms with E-state index in [4.69, 9.17) is 11.6 Å². The first-order valence-electron chi connectivity index (χ1n) is 4.79. The molecular formula is C10H8BrClN2O2S2. The zero-order valence-corrected chi connectivity index (χ0v) is 13.1. The first-order chi connectivity index (χ1) is 8.40. The summed E-state index contributed by atoms with van der Waals surface area (Å²) in [7, 11) is -3.60. The second-order valence-electron chi connectivity index (χ2n) is 3.43. The van der Waals surface area contributed by atoms with Crippen molar-refractivity contribution in [3.05, 3.63) is 38.9 Å². The standard InChI is InChI=1S/C10H8BrClN2O2S2/c1-6-8(2-3-9(12)13-6)14-18(15,16)10-7(11)4-5-17-10/h2-5,14H,1H3. The van der Waals surface area contributed by atoms with Crippen LogP contribution in [-0.4, -0.2) is 13.4 Å². The van der Waals surface area contributed by atoms with Gasteiger partial charge in [-0.25, -0.2) is 13.4 Å². The van der Waals surface area contributed by atoms with E-state index in [1.54, 1.807) is 24.4 Å². The summed E-state index contributed by atoms with van der Waals surface area (Å²) in [5.41, 5.74) is 0.943. The van der Waals surface area contributed by atoms with Crippen LogP contribution in [-0.2, 0) is 10.0 Å². The third-order valence-electron chi connectivity index (χ3n) is 2.12. The summed E-state index contributed by atoms with van der Waals surface area (Å²) in [6.07, 6.45) is 0. The average molecular weight is 368 g/mol. The van der Waals surface area contributed by atoms with Crippen LogP contribution in [0.5, 0.6) is 0 Å². The van der Waals surface area contributed by atoms with E-state index in [0.717, 1.165) is 11.3 Å². The Morgan fingerprint density at radius 2 is 2.11 bits per heavy atom. The van der Waals surface area contributed by atoms with Gasteiger partial charge in [0.25, 0.3) is 10.0 Å². The van der Waals surface area contributed by atoms with Crippen LogP contribution < -0.4 is 4.72 Å². The summed E-state index contributed by atoms with van der Waals surface area (Å²) >= 11 is 10.1. The summed E-state index contributed by atoms with van der Waals surface area (Å²) in [6, 6.07) is 4.81. The number of hydrogen-bond donors (Lipinski definition) is 1. The topological polar surface area (TPSA) is 59.1 Å². The van der Waals surface area contributed by atoms with E-state index in [2.05, 4.69) is 25.6 Å². The fourth-order valence-corrected chi connectivity index (χ4v) is 4.95. The maximum Gasteiger partial charge on any atom is 0.272 e. The van der Waals surface area contributed by atoms with E-state index in [1.165, 1.54) is 6.07 Å². The molecule has 0 saturated carbocycles. The molecule has 4 nitrogen and oxygen atoms in total. The van der Waals surface area contributed by atoms with Gasteiger partial charge >= 0.3 is 0 Å². The first-order valence-corrected chi connectivity index (χ1v) is 8.32. The zero-order chi connectivity index (χ0) is 13.3. The number of aryl methyl sites for hydroxylation is 1. The Morgan fingerprint density at radius 1 is 1.39 bits per heavy atom. The van der Waals surface area contributed by atoms with Crippen LogP contribution in [0.1, 0.15) is 5.69 Å². The average Bonchev–Trinajstić information content (AvgIpc) is 2.69. The van der Waals surface area contributed by atoms with Gasteiger partial charge in [0.2, 0.25) is 0 Å². The smallest absolute Gasteiger partial charge is 0.272 e. The van der Waals surface area contributed by atoms with E-state index < -0.39 is 10.0 Å². The van der Waals surface area contributed by atoms with Gasteiger partial charge in [0.15, 0.2) is 4.21 Å². The van der Waals surface area contributed by atoms with E-state index in [9.17, 15) is 8.42 Å². The first kappa shape index (κ1) is 13.8. The lowest BCUT2D eigenvalue weighted by atomic mass is 10.3. The summed E-state index contributed by atoms with van der Waals surface area (Å²) in [5.74, 6) is 0. The minimum absolute atomic E-state index is 0.233. The molecule has 0 fully saturated rings. The quantitative estimate of drug-likeness (QED) is 0.842. The molecule has 18 heavy (non-hydrogen) atoms. The molecule has 0 atom stereocenters. The molecule has 0 aliphatic heterocycles. The highest BCUT2D eigenvalue weighted by Gasteiger charge is 2.20. The van der Waals surface area contributed by atoms with Crippen LogP contribution in [0.3, 0.4) is 0 Å². The Kier molecular flexibility index (Phi) is 3.96. The minimum Gasteiger partial charge on any atom is -0.277 e. The molecule has 0 aromatic carbocycles. The molecule has 2 rings (SSSR count). The Hall–Kier alpha value is -0.630. The number of nitrogens with zero attached hydrogens (tertiary/aromatic N) is 1. The van der Waals surface area contributed by atoms with Crippen molar-refractivity contribution < 1.29 is 8.42 Å². The van der Waals surface area contributed by atoms with Crippen LogP contribution in [0, 0.1) is 6.92 Å².